The molecule has 0 bridgehead atoms. The fourth-order valence-corrected chi connectivity index (χ4v) is 1.31. The van der Waals surface area contributed by atoms with Crippen molar-refractivity contribution in [2.24, 2.45) is 0 Å². The molecule has 0 fully saturated rings. The summed E-state index contributed by atoms with van der Waals surface area (Å²) in [4.78, 5) is 11.0. The van der Waals surface area contributed by atoms with Crippen molar-refractivity contribution in [2.75, 3.05) is 0 Å². The van der Waals surface area contributed by atoms with Crippen LogP contribution in [0.1, 0.15) is 35.3 Å². The number of rotatable bonds is 3. The first-order chi connectivity index (χ1) is 6.19. The molecule has 0 radical (unpaired) electrons. The number of Topliss-reactive ketones (excluding diaryl/α,β-unsaturated/α-hetero) is 1. The molecule has 70 valence electrons. The third kappa shape index (κ3) is 2.14. The monoisotopic (exact) mass is 180 g/mol. The average molecular weight is 180 g/mol. The minimum absolute atomic E-state index is 0.0163. The van der Waals surface area contributed by atoms with E-state index in [1.165, 1.54) is 6.92 Å². The van der Waals surface area contributed by atoms with E-state index in [0.717, 1.165) is 12.0 Å². The molecule has 0 unspecified atom stereocenters. The van der Waals surface area contributed by atoms with Gasteiger partial charge in [-0.3, -0.25) is 4.79 Å². The van der Waals surface area contributed by atoms with Crippen LogP contribution < -0.4 is 0 Å². The predicted octanol–water partition coefficient (Wildman–Crippen LogP) is 2.92. The highest BCUT2D eigenvalue weighted by atomic mass is 19.1. The lowest BCUT2D eigenvalue weighted by Gasteiger charge is -2.05. The molecular weight excluding hydrogens is 167 g/mol. The molecule has 1 aromatic carbocycles. The Morgan fingerprint density at radius 1 is 1.38 bits per heavy atom. The van der Waals surface area contributed by atoms with Gasteiger partial charge in [0.25, 0.3) is 0 Å². The summed E-state index contributed by atoms with van der Waals surface area (Å²) in [7, 11) is 0. The van der Waals surface area contributed by atoms with Gasteiger partial charge >= 0.3 is 0 Å². The maximum atomic E-state index is 12.5. The third-order valence-corrected chi connectivity index (χ3v) is 2.14. The minimum Gasteiger partial charge on any atom is -0.295 e. The predicted molar refractivity (Wildman–Crippen MR) is 50.6 cm³/mol. The lowest BCUT2D eigenvalue weighted by molar-refractivity contribution is 0.101. The van der Waals surface area contributed by atoms with Crippen molar-refractivity contribution in [2.45, 2.75) is 26.9 Å². The first-order valence-corrected chi connectivity index (χ1v) is 4.37. The molecule has 13 heavy (non-hydrogen) atoms. The highest BCUT2D eigenvalue weighted by Crippen LogP contribution is 2.14. The van der Waals surface area contributed by atoms with E-state index in [-0.39, 0.29) is 5.78 Å². The van der Waals surface area contributed by atoms with Crippen LogP contribution >= 0.6 is 0 Å². The molecule has 0 aliphatic heterocycles. The van der Waals surface area contributed by atoms with Crippen molar-refractivity contribution in [3.05, 3.63) is 34.9 Å². The topological polar surface area (TPSA) is 17.1 Å². The van der Waals surface area contributed by atoms with Gasteiger partial charge in [-0.25, -0.2) is 4.39 Å². The van der Waals surface area contributed by atoms with E-state index in [2.05, 4.69) is 0 Å². The van der Waals surface area contributed by atoms with Gasteiger partial charge in [-0.2, -0.15) is 0 Å². The van der Waals surface area contributed by atoms with E-state index in [4.69, 9.17) is 0 Å². The second-order valence-electron chi connectivity index (χ2n) is 3.03. The van der Waals surface area contributed by atoms with E-state index in [1.807, 2.05) is 13.0 Å². The lowest BCUT2D eigenvalue weighted by atomic mass is 10.0. The number of hydrogen-bond acceptors (Lipinski definition) is 1. The van der Waals surface area contributed by atoms with Crippen molar-refractivity contribution < 1.29 is 9.18 Å². The van der Waals surface area contributed by atoms with E-state index in [9.17, 15) is 9.18 Å². The van der Waals surface area contributed by atoms with Crippen LogP contribution in [0, 0.1) is 0 Å². The molecule has 0 aromatic heterocycles. The zero-order valence-corrected chi connectivity index (χ0v) is 7.93. The highest BCUT2D eigenvalue weighted by Gasteiger charge is 2.04. The Balaban J connectivity index is 3.13. The van der Waals surface area contributed by atoms with E-state index >= 15 is 0 Å². The molecule has 1 rings (SSSR count). The second-order valence-corrected chi connectivity index (χ2v) is 3.03. The zero-order chi connectivity index (χ0) is 9.84. The van der Waals surface area contributed by atoms with Crippen LogP contribution in [0.2, 0.25) is 0 Å². The Kier molecular flexibility index (Phi) is 3.18. The molecule has 0 aliphatic carbocycles. The number of benzene rings is 1. The standard InChI is InChI=1S/C11H13FO/c1-3-9-4-5-10(8(2)13)6-11(9)7-12/h4-6H,3,7H2,1-2H3. The van der Waals surface area contributed by atoms with Gasteiger partial charge in [0.05, 0.1) is 0 Å². The Morgan fingerprint density at radius 3 is 2.54 bits per heavy atom. The van der Waals surface area contributed by atoms with Crippen LogP contribution in [0.4, 0.5) is 4.39 Å². The SMILES string of the molecule is CCc1ccc(C(C)=O)cc1CF. The Bertz CT molecular complexity index is 318. The molecule has 0 heterocycles. The largest absolute Gasteiger partial charge is 0.295 e. The molecule has 0 saturated carbocycles. The van der Waals surface area contributed by atoms with E-state index in [1.54, 1.807) is 12.1 Å². The number of carbonyl (C=O) groups is 1. The highest BCUT2D eigenvalue weighted by molar-refractivity contribution is 5.94. The van der Waals surface area contributed by atoms with Crippen LogP contribution in [-0.4, -0.2) is 5.78 Å². The summed E-state index contributed by atoms with van der Waals surface area (Å²) in [6, 6.07) is 5.22. The lowest BCUT2D eigenvalue weighted by Crippen LogP contribution is -1.97. The third-order valence-electron chi connectivity index (χ3n) is 2.14. The minimum atomic E-state index is -0.496. The van der Waals surface area contributed by atoms with E-state index in [0.29, 0.717) is 11.1 Å². The molecule has 0 N–H and O–H groups in total. The second kappa shape index (κ2) is 4.17. The van der Waals surface area contributed by atoms with Crippen molar-refractivity contribution in [1.29, 1.82) is 0 Å². The van der Waals surface area contributed by atoms with E-state index < -0.39 is 6.67 Å². The van der Waals surface area contributed by atoms with Crippen LogP contribution in [0.25, 0.3) is 0 Å². The maximum absolute atomic E-state index is 12.5. The number of halogens is 1. The van der Waals surface area contributed by atoms with Crippen molar-refractivity contribution >= 4 is 5.78 Å². The fourth-order valence-electron chi connectivity index (χ4n) is 1.31. The summed E-state index contributed by atoms with van der Waals surface area (Å²) in [6.07, 6.45) is 0.803. The van der Waals surface area contributed by atoms with Gasteiger partial charge in [0.15, 0.2) is 5.78 Å². The molecule has 1 nitrogen and oxygen atoms in total. The van der Waals surface area contributed by atoms with Crippen LogP contribution in [-0.2, 0) is 13.1 Å². The number of aryl methyl sites for hydroxylation is 1. The van der Waals surface area contributed by atoms with Crippen molar-refractivity contribution in [1.82, 2.24) is 0 Å². The molecule has 0 atom stereocenters. The van der Waals surface area contributed by atoms with Gasteiger partial charge in [0.2, 0.25) is 0 Å². The van der Waals surface area contributed by atoms with Crippen LogP contribution in [0.5, 0.6) is 0 Å². The quantitative estimate of drug-likeness (QED) is 0.653. The molecule has 1 aromatic rings. The van der Waals surface area contributed by atoms with Crippen LogP contribution in [0.3, 0.4) is 0 Å². The summed E-state index contributed by atoms with van der Waals surface area (Å²) in [5.74, 6) is -0.0163. The molecule has 0 amide bonds. The molecule has 0 spiro atoms. The molecular formula is C11H13FO. The molecule has 0 aliphatic rings. The number of hydrogen-bond donors (Lipinski definition) is 0. The van der Waals surface area contributed by atoms with Gasteiger partial charge in [-0.15, -0.1) is 0 Å². The summed E-state index contributed by atoms with van der Waals surface area (Å²) in [5.41, 5.74) is 2.20. The molecule has 0 saturated heterocycles. The smallest absolute Gasteiger partial charge is 0.159 e. The average Bonchev–Trinajstić information content (AvgIpc) is 2.16. The van der Waals surface area contributed by atoms with Gasteiger partial charge in [-0.1, -0.05) is 19.1 Å². The van der Waals surface area contributed by atoms with Gasteiger partial charge in [-0.05, 0) is 30.5 Å². The first kappa shape index (κ1) is 9.90. The summed E-state index contributed by atoms with van der Waals surface area (Å²) in [6.45, 7) is 2.97. The summed E-state index contributed by atoms with van der Waals surface area (Å²) < 4.78 is 12.5. The number of alkyl halides is 1. The fraction of sp³-hybridized carbons (Fsp3) is 0.364. The van der Waals surface area contributed by atoms with Crippen molar-refractivity contribution in [3.8, 4) is 0 Å². The van der Waals surface area contributed by atoms with Crippen molar-refractivity contribution in [3.63, 3.8) is 0 Å². The van der Waals surface area contributed by atoms with Gasteiger partial charge < -0.3 is 0 Å². The number of ketones is 1. The normalized spacial score (nSPS) is 10.1. The summed E-state index contributed by atoms with van der Waals surface area (Å²) in [5, 5.41) is 0. The van der Waals surface area contributed by atoms with Gasteiger partial charge in [0, 0.05) is 5.56 Å². The van der Waals surface area contributed by atoms with Crippen LogP contribution in [0.15, 0.2) is 18.2 Å². The first-order valence-electron chi connectivity index (χ1n) is 4.37. The summed E-state index contributed by atoms with van der Waals surface area (Å²) >= 11 is 0. The Hall–Kier alpha value is -1.18. The Labute approximate surface area is 77.6 Å². The van der Waals surface area contributed by atoms with Gasteiger partial charge in [0.1, 0.15) is 6.67 Å². The number of carbonyl (C=O) groups excluding carboxylic acids is 1. The maximum Gasteiger partial charge on any atom is 0.159 e. The zero-order valence-electron chi connectivity index (χ0n) is 7.93. The Morgan fingerprint density at radius 2 is 2.08 bits per heavy atom. The molecule has 2 heteroatoms.